The molecule has 0 aromatic rings. The van der Waals surface area contributed by atoms with Crippen LogP contribution in [0.25, 0.3) is 0 Å². The Bertz CT molecular complexity index is 276. The summed E-state index contributed by atoms with van der Waals surface area (Å²) in [5.41, 5.74) is 4.88. The number of aliphatic carboxylic acids is 1. The molecular weight excluding hydrogens is 240 g/mol. The van der Waals surface area contributed by atoms with Crippen molar-refractivity contribution in [2.24, 2.45) is 5.73 Å². The lowest BCUT2D eigenvalue weighted by Crippen LogP contribution is -2.56. The van der Waals surface area contributed by atoms with Crippen molar-refractivity contribution >= 4 is 24.4 Å². The third kappa shape index (κ3) is 3.60. The van der Waals surface area contributed by atoms with E-state index in [0.29, 0.717) is 0 Å². The number of carboxylic acids is 1. The standard InChI is InChI=1S/C8H15F2N3O2S/c1-5(12)13(8(9,10)4-11)6(2-3-16)7(14)15/h6,12,16H,2-4,11H2,1H3,(H,14,15). The molecular formula is C8H15F2N3O2S. The zero-order valence-electron chi connectivity index (χ0n) is 8.78. The van der Waals surface area contributed by atoms with E-state index in [0.717, 1.165) is 6.92 Å². The van der Waals surface area contributed by atoms with Crippen LogP contribution in [0.15, 0.2) is 0 Å². The van der Waals surface area contributed by atoms with E-state index in [2.05, 4.69) is 12.6 Å². The Morgan fingerprint density at radius 3 is 2.44 bits per heavy atom. The van der Waals surface area contributed by atoms with Crippen LogP contribution in [0.5, 0.6) is 0 Å². The number of hydrogen-bond donors (Lipinski definition) is 4. The molecule has 16 heavy (non-hydrogen) atoms. The minimum atomic E-state index is -3.54. The Balaban J connectivity index is 5.15. The molecule has 1 unspecified atom stereocenters. The predicted octanol–water partition coefficient (Wildman–Crippen LogP) is 0.610. The molecule has 0 saturated carbocycles. The van der Waals surface area contributed by atoms with E-state index in [4.69, 9.17) is 16.2 Å². The average Bonchev–Trinajstić information content (AvgIpc) is 2.16. The third-order valence-electron chi connectivity index (χ3n) is 1.96. The number of amidine groups is 1. The number of nitrogens with two attached hydrogens (primary N) is 1. The predicted molar refractivity (Wildman–Crippen MR) is 59.1 cm³/mol. The zero-order valence-corrected chi connectivity index (χ0v) is 9.68. The molecule has 0 aromatic heterocycles. The summed E-state index contributed by atoms with van der Waals surface area (Å²) >= 11 is 3.81. The Morgan fingerprint density at radius 1 is 1.69 bits per heavy atom. The van der Waals surface area contributed by atoms with Crippen LogP contribution in [0.3, 0.4) is 0 Å². The zero-order chi connectivity index (χ0) is 12.9. The first-order chi connectivity index (χ1) is 7.27. The molecule has 1 atom stereocenters. The lowest BCUT2D eigenvalue weighted by molar-refractivity contribution is -0.159. The molecule has 5 nitrogen and oxygen atoms in total. The summed E-state index contributed by atoms with van der Waals surface area (Å²) in [5, 5.41) is 16.1. The molecule has 0 aromatic carbocycles. The number of hydrogen-bond acceptors (Lipinski definition) is 4. The van der Waals surface area contributed by atoms with Gasteiger partial charge in [-0.2, -0.15) is 21.4 Å². The fourth-order valence-electron chi connectivity index (χ4n) is 1.29. The van der Waals surface area contributed by atoms with Gasteiger partial charge in [-0.25, -0.2) is 4.79 Å². The van der Waals surface area contributed by atoms with E-state index in [-0.39, 0.29) is 17.1 Å². The van der Waals surface area contributed by atoms with Gasteiger partial charge in [-0.15, -0.1) is 0 Å². The number of alkyl halides is 2. The van der Waals surface area contributed by atoms with Crippen LogP contribution in [0.4, 0.5) is 8.78 Å². The number of carbonyl (C=O) groups is 1. The second-order valence-corrected chi connectivity index (χ2v) is 3.64. The first-order valence-corrected chi connectivity index (χ1v) is 5.17. The van der Waals surface area contributed by atoms with Gasteiger partial charge in [0.05, 0.1) is 12.4 Å². The molecule has 8 heteroatoms. The van der Waals surface area contributed by atoms with Crippen LogP contribution in [-0.2, 0) is 4.79 Å². The van der Waals surface area contributed by atoms with Gasteiger partial charge in [0.1, 0.15) is 6.04 Å². The van der Waals surface area contributed by atoms with Crippen molar-refractivity contribution in [3.8, 4) is 0 Å². The number of thiol groups is 1. The van der Waals surface area contributed by atoms with Gasteiger partial charge in [0.25, 0.3) is 0 Å². The summed E-state index contributed by atoms with van der Waals surface area (Å²) in [6.07, 6.45) is -0.0930. The molecule has 0 fully saturated rings. The first kappa shape index (κ1) is 15.1. The number of nitrogens with one attached hydrogen (secondary N) is 1. The van der Waals surface area contributed by atoms with Gasteiger partial charge >= 0.3 is 12.0 Å². The number of carboxylic acid groups (broad SMARTS) is 1. The molecule has 4 N–H and O–H groups in total. The van der Waals surface area contributed by atoms with Gasteiger partial charge in [0.15, 0.2) is 0 Å². The average molecular weight is 255 g/mol. The van der Waals surface area contributed by atoms with Gasteiger partial charge in [-0.1, -0.05) is 0 Å². The maximum absolute atomic E-state index is 13.4. The van der Waals surface area contributed by atoms with Crippen LogP contribution < -0.4 is 5.73 Å². The smallest absolute Gasteiger partial charge is 0.339 e. The molecule has 0 bridgehead atoms. The summed E-state index contributed by atoms with van der Waals surface area (Å²) < 4.78 is 26.7. The minimum absolute atomic E-state index is 0.0930. The Labute approximate surface area is 97.5 Å². The highest BCUT2D eigenvalue weighted by atomic mass is 32.1. The quantitative estimate of drug-likeness (QED) is 0.242. The van der Waals surface area contributed by atoms with Gasteiger partial charge in [-0.3, -0.25) is 10.3 Å². The number of rotatable bonds is 6. The van der Waals surface area contributed by atoms with Crippen molar-refractivity contribution in [1.29, 1.82) is 5.41 Å². The van der Waals surface area contributed by atoms with Gasteiger partial charge < -0.3 is 10.8 Å². The van der Waals surface area contributed by atoms with Crippen LogP contribution in [-0.4, -0.2) is 46.2 Å². The minimum Gasteiger partial charge on any atom is -0.480 e. The molecule has 94 valence electrons. The molecule has 0 heterocycles. The fourth-order valence-corrected chi connectivity index (χ4v) is 1.54. The van der Waals surface area contributed by atoms with Crippen molar-refractivity contribution in [2.75, 3.05) is 12.3 Å². The Kier molecular flexibility index (Phi) is 5.66. The van der Waals surface area contributed by atoms with E-state index >= 15 is 0 Å². The van der Waals surface area contributed by atoms with Crippen LogP contribution in [0, 0.1) is 5.41 Å². The third-order valence-corrected chi connectivity index (χ3v) is 2.22. The monoisotopic (exact) mass is 255 g/mol. The summed E-state index contributed by atoms with van der Waals surface area (Å²) in [7, 11) is 0. The van der Waals surface area contributed by atoms with Crippen molar-refractivity contribution in [2.45, 2.75) is 25.4 Å². The van der Waals surface area contributed by atoms with Crippen LogP contribution >= 0.6 is 12.6 Å². The molecule has 0 saturated heterocycles. The summed E-state index contributed by atoms with van der Waals surface area (Å²) in [4.78, 5) is 11.1. The lowest BCUT2D eigenvalue weighted by atomic mass is 10.1. The van der Waals surface area contributed by atoms with Crippen molar-refractivity contribution in [3.05, 3.63) is 0 Å². The summed E-state index contributed by atoms with van der Waals surface area (Å²) in [6.45, 7) is 0.0532. The highest BCUT2D eigenvalue weighted by Crippen LogP contribution is 2.23. The lowest BCUT2D eigenvalue weighted by Gasteiger charge is -2.35. The van der Waals surface area contributed by atoms with Crippen molar-refractivity contribution in [3.63, 3.8) is 0 Å². The SMILES string of the molecule is CC(=N)N(C(CCS)C(=O)O)C(F)(F)CN. The normalized spacial score (nSPS) is 13.3. The molecule has 0 radical (unpaired) electrons. The van der Waals surface area contributed by atoms with Crippen LogP contribution in [0.1, 0.15) is 13.3 Å². The summed E-state index contributed by atoms with van der Waals surface area (Å²) in [5.74, 6) is -1.83. The fraction of sp³-hybridized carbons (Fsp3) is 0.750. The maximum Gasteiger partial charge on any atom is 0.339 e. The van der Waals surface area contributed by atoms with Gasteiger partial charge in [0, 0.05) is 0 Å². The Hall–Kier alpha value is -0.890. The largest absolute Gasteiger partial charge is 0.480 e. The van der Waals surface area contributed by atoms with Crippen LogP contribution in [0.2, 0.25) is 0 Å². The number of halogens is 2. The second-order valence-electron chi connectivity index (χ2n) is 3.19. The molecule has 0 spiro atoms. The first-order valence-electron chi connectivity index (χ1n) is 4.54. The number of nitrogens with zero attached hydrogens (tertiary/aromatic N) is 1. The molecule has 0 aliphatic rings. The second kappa shape index (κ2) is 6.00. The summed E-state index contributed by atoms with van der Waals surface area (Å²) in [6, 6.07) is -5.04. The molecule has 0 aliphatic carbocycles. The molecule has 0 amide bonds. The molecule has 0 aliphatic heterocycles. The van der Waals surface area contributed by atoms with E-state index in [1.807, 2.05) is 0 Å². The molecule has 0 rings (SSSR count). The van der Waals surface area contributed by atoms with E-state index in [1.54, 1.807) is 0 Å². The van der Waals surface area contributed by atoms with E-state index in [9.17, 15) is 13.6 Å². The van der Waals surface area contributed by atoms with Gasteiger partial charge in [-0.05, 0) is 19.1 Å². The highest BCUT2D eigenvalue weighted by Gasteiger charge is 2.43. The van der Waals surface area contributed by atoms with E-state index in [1.165, 1.54) is 0 Å². The van der Waals surface area contributed by atoms with Gasteiger partial charge in [0.2, 0.25) is 0 Å². The van der Waals surface area contributed by atoms with Crippen molar-refractivity contribution < 1.29 is 18.7 Å². The maximum atomic E-state index is 13.4. The highest BCUT2D eigenvalue weighted by molar-refractivity contribution is 7.80. The topological polar surface area (TPSA) is 90.4 Å². The van der Waals surface area contributed by atoms with Crippen molar-refractivity contribution in [1.82, 2.24) is 4.90 Å². The Morgan fingerprint density at radius 2 is 2.19 bits per heavy atom. The van der Waals surface area contributed by atoms with E-state index < -0.39 is 30.4 Å².